The molecule has 2 aromatic rings. The lowest BCUT2D eigenvalue weighted by Gasteiger charge is -2.31. The molecule has 1 heterocycles. The van der Waals surface area contributed by atoms with Crippen LogP contribution in [-0.4, -0.2) is 26.4 Å². The Kier molecular flexibility index (Phi) is 5.15. The van der Waals surface area contributed by atoms with E-state index in [4.69, 9.17) is 5.73 Å². The maximum atomic E-state index is 12.3. The summed E-state index contributed by atoms with van der Waals surface area (Å²) in [4.78, 5) is 13.9. The highest BCUT2D eigenvalue weighted by atomic mass is 35.5. The van der Waals surface area contributed by atoms with Crippen LogP contribution in [-0.2, 0) is 4.79 Å². The van der Waals surface area contributed by atoms with Crippen molar-refractivity contribution < 1.29 is 4.79 Å². The fraction of sp³-hybridized carbons (Fsp3) is 0.400. The number of nitrogens with two attached hydrogens (primary N) is 1. The van der Waals surface area contributed by atoms with E-state index in [-0.39, 0.29) is 18.3 Å². The van der Waals surface area contributed by atoms with Crippen LogP contribution < -0.4 is 11.1 Å². The minimum Gasteiger partial charge on any atom is -0.324 e. The zero-order valence-electron chi connectivity index (χ0n) is 12.2. The van der Waals surface area contributed by atoms with Gasteiger partial charge in [-0.3, -0.25) is 4.79 Å². The second-order valence-corrected chi connectivity index (χ2v) is 5.54. The van der Waals surface area contributed by atoms with Crippen LogP contribution in [0.2, 0.25) is 0 Å². The molecule has 7 heteroatoms. The number of carbonyl (C=O) groups excluding carboxylic acids is 1. The smallest absolute Gasteiger partial charge is 0.244 e. The molecule has 3 rings (SSSR count). The summed E-state index contributed by atoms with van der Waals surface area (Å²) in [5.41, 5.74) is 7.09. The van der Waals surface area contributed by atoms with Gasteiger partial charge in [-0.25, -0.2) is 0 Å². The topological polar surface area (TPSA) is 85.8 Å². The predicted octanol–water partition coefficient (Wildman–Crippen LogP) is 2.29. The Labute approximate surface area is 135 Å². The normalized spacial score (nSPS) is 16.6. The second kappa shape index (κ2) is 6.89. The lowest BCUT2D eigenvalue weighted by atomic mass is 9.82. The van der Waals surface area contributed by atoms with Gasteiger partial charge in [0.1, 0.15) is 0 Å². The minimum atomic E-state index is -0.722. The largest absolute Gasteiger partial charge is 0.324 e. The van der Waals surface area contributed by atoms with Gasteiger partial charge in [-0.2, -0.15) is 15.0 Å². The fourth-order valence-electron chi connectivity index (χ4n) is 2.69. The van der Waals surface area contributed by atoms with Gasteiger partial charge in [0, 0.05) is 5.69 Å². The molecule has 1 aliphatic carbocycles. The number of carbonyl (C=O) groups is 1. The Morgan fingerprint density at radius 2 is 1.68 bits per heavy atom. The second-order valence-electron chi connectivity index (χ2n) is 5.54. The molecule has 0 aliphatic heterocycles. The van der Waals surface area contributed by atoms with Crippen molar-refractivity contribution in [3.05, 3.63) is 36.7 Å². The first-order chi connectivity index (χ1) is 10.2. The van der Waals surface area contributed by atoms with E-state index in [0.29, 0.717) is 0 Å². The number of amides is 1. The molecule has 0 saturated heterocycles. The average Bonchev–Trinajstić information content (AvgIpc) is 3.03. The van der Waals surface area contributed by atoms with Gasteiger partial charge in [0.2, 0.25) is 5.91 Å². The number of benzene rings is 1. The molecule has 0 bridgehead atoms. The van der Waals surface area contributed by atoms with Gasteiger partial charge in [-0.05, 0) is 37.1 Å². The van der Waals surface area contributed by atoms with E-state index < -0.39 is 5.54 Å². The molecule has 1 aliphatic rings. The van der Waals surface area contributed by atoms with Gasteiger partial charge in [0.05, 0.1) is 23.6 Å². The van der Waals surface area contributed by atoms with Crippen LogP contribution in [0.4, 0.5) is 5.69 Å². The molecule has 3 N–H and O–H groups in total. The van der Waals surface area contributed by atoms with Crippen molar-refractivity contribution in [3.8, 4) is 5.69 Å². The number of nitrogens with one attached hydrogen (secondary N) is 1. The summed E-state index contributed by atoms with van der Waals surface area (Å²) >= 11 is 0. The van der Waals surface area contributed by atoms with Crippen LogP contribution in [0, 0.1) is 0 Å². The molecule has 22 heavy (non-hydrogen) atoms. The molecule has 0 atom stereocenters. The van der Waals surface area contributed by atoms with E-state index in [0.717, 1.165) is 43.5 Å². The molecule has 6 nitrogen and oxygen atoms in total. The Morgan fingerprint density at radius 3 is 2.27 bits per heavy atom. The third-order valence-electron chi connectivity index (χ3n) is 3.97. The number of halogens is 1. The van der Waals surface area contributed by atoms with Crippen molar-refractivity contribution in [2.45, 2.75) is 37.6 Å². The SMILES string of the molecule is Cl.NC1(C(=O)Nc2ccc(-n3nccn3)cc2)CCCCC1. The fourth-order valence-corrected chi connectivity index (χ4v) is 2.69. The maximum Gasteiger partial charge on any atom is 0.244 e. The quantitative estimate of drug-likeness (QED) is 0.908. The predicted molar refractivity (Wildman–Crippen MR) is 87.2 cm³/mol. The highest BCUT2D eigenvalue weighted by Crippen LogP contribution is 2.27. The number of aromatic nitrogens is 3. The first kappa shape index (κ1) is 16.5. The summed E-state index contributed by atoms with van der Waals surface area (Å²) in [5, 5.41) is 11.0. The molecule has 0 radical (unpaired) electrons. The van der Waals surface area contributed by atoms with Crippen LogP contribution in [0.25, 0.3) is 5.69 Å². The van der Waals surface area contributed by atoms with E-state index in [1.165, 1.54) is 4.80 Å². The van der Waals surface area contributed by atoms with Crippen LogP contribution in [0.1, 0.15) is 32.1 Å². The summed E-state index contributed by atoms with van der Waals surface area (Å²) in [6.07, 6.45) is 7.97. The minimum absolute atomic E-state index is 0. The molecular weight excluding hydrogens is 302 g/mol. The maximum absolute atomic E-state index is 12.3. The first-order valence-electron chi connectivity index (χ1n) is 7.24. The van der Waals surface area contributed by atoms with Crippen molar-refractivity contribution >= 4 is 24.0 Å². The Balaban J connectivity index is 0.00000176. The van der Waals surface area contributed by atoms with Crippen molar-refractivity contribution in [1.29, 1.82) is 0 Å². The third-order valence-corrected chi connectivity index (χ3v) is 3.97. The van der Waals surface area contributed by atoms with Crippen LogP contribution in [0.3, 0.4) is 0 Å². The number of anilines is 1. The molecule has 1 aromatic carbocycles. The Bertz CT molecular complexity index is 605. The summed E-state index contributed by atoms with van der Waals surface area (Å²) in [6, 6.07) is 7.39. The molecule has 1 saturated carbocycles. The van der Waals surface area contributed by atoms with Gasteiger partial charge in [-0.1, -0.05) is 19.3 Å². The summed E-state index contributed by atoms with van der Waals surface area (Å²) in [6.45, 7) is 0. The summed E-state index contributed by atoms with van der Waals surface area (Å²) in [7, 11) is 0. The highest BCUT2D eigenvalue weighted by molar-refractivity contribution is 5.98. The zero-order chi connectivity index (χ0) is 14.7. The molecular formula is C15H20ClN5O. The Morgan fingerprint density at radius 1 is 1.09 bits per heavy atom. The first-order valence-corrected chi connectivity index (χ1v) is 7.24. The molecule has 0 spiro atoms. The van der Waals surface area contributed by atoms with E-state index in [1.54, 1.807) is 12.4 Å². The third kappa shape index (κ3) is 3.45. The van der Waals surface area contributed by atoms with Gasteiger partial charge in [0.25, 0.3) is 0 Å². The van der Waals surface area contributed by atoms with Crippen molar-refractivity contribution in [3.63, 3.8) is 0 Å². The summed E-state index contributed by atoms with van der Waals surface area (Å²) < 4.78 is 0. The van der Waals surface area contributed by atoms with E-state index in [1.807, 2.05) is 24.3 Å². The highest BCUT2D eigenvalue weighted by Gasteiger charge is 2.35. The summed E-state index contributed by atoms with van der Waals surface area (Å²) in [5.74, 6) is -0.0906. The van der Waals surface area contributed by atoms with Crippen molar-refractivity contribution in [1.82, 2.24) is 15.0 Å². The number of hydrogen-bond acceptors (Lipinski definition) is 4. The molecule has 1 fully saturated rings. The standard InChI is InChI=1S/C15H19N5O.ClH/c16-15(8-2-1-3-9-15)14(21)19-12-4-6-13(7-5-12)20-17-10-11-18-20;/h4-7,10-11H,1-3,8-9,16H2,(H,19,21);1H. The molecule has 1 aromatic heterocycles. The van der Waals surface area contributed by atoms with Gasteiger partial charge < -0.3 is 11.1 Å². The zero-order valence-corrected chi connectivity index (χ0v) is 13.1. The van der Waals surface area contributed by atoms with E-state index in [2.05, 4.69) is 15.5 Å². The average molecular weight is 322 g/mol. The van der Waals surface area contributed by atoms with Gasteiger partial charge in [-0.15, -0.1) is 12.4 Å². The van der Waals surface area contributed by atoms with Gasteiger partial charge >= 0.3 is 0 Å². The van der Waals surface area contributed by atoms with E-state index in [9.17, 15) is 4.79 Å². The number of rotatable bonds is 3. The van der Waals surface area contributed by atoms with Crippen LogP contribution in [0.5, 0.6) is 0 Å². The molecule has 1 amide bonds. The number of nitrogens with zero attached hydrogens (tertiary/aromatic N) is 3. The monoisotopic (exact) mass is 321 g/mol. The van der Waals surface area contributed by atoms with Crippen molar-refractivity contribution in [2.24, 2.45) is 5.73 Å². The van der Waals surface area contributed by atoms with E-state index >= 15 is 0 Å². The molecule has 118 valence electrons. The lowest BCUT2D eigenvalue weighted by molar-refractivity contribution is -0.122. The van der Waals surface area contributed by atoms with Crippen LogP contribution >= 0.6 is 12.4 Å². The van der Waals surface area contributed by atoms with Crippen LogP contribution in [0.15, 0.2) is 36.7 Å². The number of hydrogen-bond donors (Lipinski definition) is 2. The Hall–Kier alpha value is -1.92. The van der Waals surface area contributed by atoms with Crippen molar-refractivity contribution in [2.75, 3.05) is 5.32 Å². The molecule has 0 unspecified atom stereocenters. The van der Waals surface area contributed by atoms with Gasteiger partial charge in [0.15, 0.2) is 0 Å². The lowest BCUT2D eigenvalue weighted by Crippen LogP contribution is -2.52.